The molecule has 1 N–H and O–H groups in total. The van der Waals surface area contributed by atoms with Gasteiger partial charge in [0.2, 0.25) is 0 Å². The van der Waals surface area contributed by atoms with Crippen LogP contribution in [0.4, 0.5) is 0 Å². The molecule has 1 aliphatic carbocycles. The molecule has 3 aromatic rings. The van der Waals surface area contributed by atoms with Crippen LogP contribution in [-0.2, 0) is 0 Å². The smallest absolute Gasteiger partial charge is 0.261 e. The molecule has 1 atom stereocenters. The first-order valence-corrected chi connectivity index (χ1v) is 11.9. The third-order valence-corrected chi connectivity index (χ3v) is 7.64. The summed E-state index contributed by atoms with van der Waals surface area (Å²) in [5.41, 5.74) is 1.43. The van der Waals surface area contributed by atoms with Gasteiger partial charge in [0, 0.05) is 17.3 Å². The number of rotatable bonds is 7. The van der Waals surface area contributed by atoms with E-state index < -0.39 is 0 Å². The molecule has 1 aliphatic rings. The first kappa shape index (κ1) is 21.1. The Hall–Kier alpha value is -2.17. The van der Waals surface area contributed by atoms with Gasteiger partial charge in [-0.3, -0.25) is 4.79 Å². The van der Waals surface area contributed by atoms with Gasteiger partial charge in [-0.15, -0.1) is 11.3 Å². The van der Waals surface area contributed by atoms with E-state index in [0.29, 0.717) is 12.0 Å². The Kier molecular flexibility index (Phi) is 6.86. The molecule has 1 fully saturated rings. The van der Waals surface area contributed by atoms with Crippen LogP contribution in [0.1, 0.15) is 53.4 Å². The summed E-state index contributed by atoms with van der Waals surface area (Å²) in [7, 11) is 4.40. The highest BCUT2D eigenvalue weighted by Crippen LogP contribution is 2.40. The van der Waals surface area contributed by atoms with Crippen LogP contribution in [0.15, 0.2) is 60.7 Å². The normalized spacial score (nSPS) is 20.4. The zero-order valence-corrected chi connectivity index (χ0v) is 18.8. The third kappa shape index (κ3) is 4.93. The van der Waals surface area contributed by atoms with Crippen LogP contribution in [0.3, 0.4) is 0 Å². The van der Waals surface area contributed by atoms with E-state index in [4.69, 9.17) is 0 Å². The Labute approximate surface area is 184 Å². The van der Waals surface area contributed by atoms with E-state index >= 15 is 0 Å². The largest absolute Gasteiger partial charge is 0.351 e. The average Bonchev–Trinajstić information content (AvgIpc) is 3.20. The van der Waals surface area contributed by atoms with Gasteiger partial charge in [-0.1, -0.05) is 61.4 Å². The summed E-state index contributed by atoms with van der Waals surface area (Å²) in [6, 6.07) is 21.6. The first-order valence-electron chi connectivity index (χ1n) is 11.1. The van der Waals surface area contributed by atoms with Gasteiger partial charge in [0.15, 0.2) is 0 Å². The summed E-state index contributed by atoms with van der Waals surface area (Å²) in [6.07, 6.45) is 6.15. The van der Waals surface area contributed by atoms with Crippen LogP contribution in [0, 0.1) is 11.8 Å². The summed E-state index contributed by atoms with van der Waals surface area (Å²) >= 11 is 1.58. The number of hydrogen-bond donors (Lipinski definition) is 1. The Morgan fingerprint density at radius 3 is 2.43 bits per heavy atom. The van der Waals surface area contributed by atoms with E-state index in [1.165, 1.54) is 35.9 Å². The number of carbonyl (C=O) groups excluding carboxylic acids is 1. The maximum atomic E-state index is 12.5. The van der Waals surface area contributed by atoms with Gasteiger partial charge in [-0.05, 0) is 68.3 Å². The lowest BCUT2D eigenvalue weighted by molar-refractivity contribution is 0.0951. The number of hydrogen-bond acceptors (Lipinski definition) is 3. The standard InChI is InChI=1S/C26H32N2OS/c1-28(2)25(20-8-4-3-5-9-20)21-14-12-19(13-15-21)16-17-27-26(29)24-18-22-10-6-7-11-23(22)30-24/h3-11,18-19,21,25H,12-17H2,1-2H3,(H,27,29). The second-order valence-corrected chi connectivity index (χ2v) is 9.88. The first-order chi connectivity index (χ1) is 14.6. The highest BCUT2D eigenvalue weighted by molar-refractivity contribution is 7.20. The van der Waals surface area contributed by atoms with E-state index in [0.717, 1.165) is 29.1 Å². The number of fused-ring (bicyclic) bond motifs is 1. The topological polar surface area (TPSA) is 32.3 Å². The SMILES string of the molecule is CN(C)C(c1ccccc1)C1CCC(CCNC(=O)c2cc3ccccc3s2)CC1. The molecule has 0 aliphatic heterocycles. The molecule has 30 heavy (non-hydrogen) atoms. The summed E-state index contributed by atoms with van der Waals surface area (Å²) in [5, 5.41) is 4.30. The van der Waals surface area contributed by atoms with Gasteiger partial charge in [0.1, 0.15) is 0 Å². The second-order valence-electron chi connectivity index (χ2n) is 8.79. The van der Waals surface area contributed by atoms with Gasteiger partial charge < -0.3 is 10.2 Å². The van der Waals surface area contributed by atoms with Crippen molar-refractivity contribution in [2.24, 2.45) is 11.8 Å². The second kappa shape index (κ2) is 9.76. The van der Waals surface area contributed by atoms with Crippen molar-refractivity contribution in [3.63, 3.8) is 0 Å². The molecule has 0 bridgehead atoms. The lowest BCUT2D eigenvalue weighted by atomic mass is 9.75. The molecule has 0 saturated heterocycles. The number of benzene rings is 2. The molecule has 1 saturated carbocycles. The fourth-order valence-electron chi connectivity index (χ4n) is 5.01. The zero-order valence-electron chi connectivity index (χ0n) is 18.0. The van der Waals surface area contributed by atoms with Crippen molar-refractivity contribution in [2.75, 3.05) is 20.6 Å². The molecular formula is C26H32N2OS. The lowest BCUT2D eigenvalue weighted by Crippen LogP contribution is -2.31. The van der Waals surface area contributed by atoms with E-state index in [1.54, 1.807) is 11.3 Å². The summed E-state index contributed by atoms with van der Waals surface area (Å²) in [4.78, 5) is 15.7. The van der Waals surface area contributed by atoms with E-state index in [-0.39, 0.29) is 5.91 Å². The molecular weight excluding hydrogens is 388 g/mol. The minimum atomic E-state index is 0.0710. The van der Waals surface area contributed by atoms with E-state index in [2.05, 4.69) is 66.8 Å². The van der Waals surface area contributed by atoms with E-state index in [1.807, 2.05) is 18.2 Å². The van der Waals surface area contributed by atoms with Gasteiger partial charge in [0.25, 0.3) is 5.91 Å². The lowest BCUT2D eigenvalue weighted by Gasteiger charge is -2.37. The Morgan fingerprint density at radius 1 is 1.03 bits per heavy atom. The molecule has 0 radical (unpaired) electrons. The number of amides is 1. The number of nitrogens with zero attached hydrogens (tertiary/aromatic N) is 1. The summed E-state index contributed by atoms with van der Waals surface area (Å²) in [5.74, 6) is 1.51. The molecule has 0 spiro atoms. The molecule has 1 unspecified atom stereocenters. The molecule has 2 aromatic carbocycles. The predicted molar refractivity (Wildman–Crippen MR) is 127 cm³/mol. The quantitative estimate of drug-likeness (QED) is 0.498. The van der Waals surface area contributed by atoms with E-state index in [9.17, 15) is 4.79 Å². The third-order valence-electron chi connectivity index (χ3n) is 6.52. The maximum Gasteiger partial charge on any atom is 0.261 e. The molecule has 1 heterocycles. The van der Waals surface area contributed by atoms with Crippen LogP contribution < -0.4 is 5.32 Å². The predicted octanol–water partition coefficient (Wildman–Crippen LogP) is 6.13. The van der Waals surface area contributed by atoms with Crippen molar-refractivity contribution in [2.45, 2.75) is 38.1 Å². The van der Waals surface area contributed by atoms with Crippen LogP contribution >= 0.6 is 11.3 Å². The monoisotopic (exact) mass is 420 g/mol. The highest BCUT2D eigenvalue weighted by atomic mass is 32.1. The van der Waals surface area contributed by atoms with Crippen LogP contribution in [0.2, 0.25) is 0 Å². The number of nitrogens with one attached hydrogen (secondary N) is 1. The molecule has 1 aromatic heterocycles. The Balaban J connectivity index is 1.25. The summed E-state index contributed by atoms with van der Waals surface area (Å²) < 4.78 is 1.18. The summed E-state index contributed by atoms with van der Waals surface area (Å²) in [6.45, 7) is 0.776. The van der Waals surface area contributed by atoms with Gasteiger partial charge in [-0.2, -0.15) is 0 Å². The zero-order chi connectivity index (χ0) is 20.9. The minimum Gasteiger partial charge on any atom is -0.351 e. The molecule has 3 nitrogen and oxygen atoms in total. The van der Waals surface area contributed by atoms with Crippen LogP contribution in [0.25, 0.3) is 10.1 Å². The van der Waals surface area contributed by atoms with Crippen molar-refractivity contribution < 1.29 is 4.79 Å². The Morgan fingerprint density at radius 2 is 1.73 bits per heavy atom. The molecule has 4 rings (SSSR count). The van der Waals surface area contributed by atoms with Crippen LogP contribution in [-0.4, -0.2) is 31.4 Å². The van der Waals surface area contributed by atoms with Crippen molar-refractivity contribution in [1.29, 1.82) is 0 Å². The van der Waals surface area contributed by atoms with Gasteiger partial charge in [-0.25, -0.2) is 0 Å². The minimum absolute atomic E-state index is 0.0710. The van der Waals surface area contributed by atoms with Crippen molar-refractivity contribution >= 4 is 27.3 Å². The number of thiophene rings is 1. The fraction of sp³-hybridized carbons (Fsp3) is 0.423. The highest BCUT2D eigenvalue weighted by Gasteiger charge is 2.29. The Bertz CT molecular complexity index is 924. The average molecular weight is 421 g/mol. The van der Waals surface area contributed by atoms with Crippen molar-refractivity contribution in [3.05, 3.63) is 71.1 Å². The maximum absolute atomic E-state index is 12.5. The van der Waals surface area contributed by atoms with Crippen molar-refractivity contribution in [1.82, 2.24) is 10.2 Å². The fourth-order valence-corrected chi connectivity index (χ4v) is 5.98. The van der Waals surface area contributed by atoms with Crippen LogP contribution in [0.5, 0.6) is 0 Å². The van der Waals surface area contributed by atoms with Gasteiger partial charge in [0.05, 0.1) is 4.88 Å². The molecule has 1 amide bonds. The van der Waals surface area contributed by atoms with Gasteiger partial charge >= 0.3 is 0 Å². The van der Waals surface area contributed by atoms with Crippen molar-refractivity contribution in [3.8, 4) is 0 Å². The molecule has 158 valence electrons. The molecule has 4 heteroatoms. The number of carbonyl (C=O) groups is 1.